The Bertz CT molecular complexity index is 997. The Labute approximate surface area is 159 Å². The molecule has 3 aromatic rings. The largest absolute Gasteiger partial charge is 0.461 e. The number of esters is 1. The molecule has 0 aliphatic rings. The fraction of sp³-hybridized carbons (Fsp3) is 0.150. The SMILES string of the molecule is O=C(CCn1cnc2ccc(Br)cc2c1=O)OC/C=C/c1ccccc1. The summed E-state index contributed by atoms with van der Waals surface area (Å²) < 4.78 is 7.40. The van der Waals surface area contributed by atoms with E-state index in [1.54, 1.807) is 18.2 Å². The van der Waals surface area contributed by atoms with Crippen molar-refractivity contribution in [1.29, 1.82) is 0 Å². The Balaban J connectivity index is 1.54. The highest BCUT2D eigenvalue weighted by Gasteiger charge is 2.07. The monoisotopic (exact) mass is 412 g/mol. The van der Waals surface area contributed by atoms with Crippen LogP contribution in [0, 0.1) is 0 Å². The molecule has 6 heteroatoms. The van der Waals surface area contributed by atoms with Crippen LogP contribution in [0.5, 0.6) is 0 Å². The summed E-state index contributed by atoms with van der Waals surface area (Å²) in [5.74, 6) is -0.357. The molecule has 0 amide bonds. The van der Waals surface area contributed by atoms with Crippen molar-refractivity contribution in [1.82, 2.24) is 9.55 Å². The minimum atomic E-state index is -0.357. The molecule has 0 fully saturated rings. The summed E-state index contributed by atoms with van der Waals surface area (Å²) in [6.07, 6.45) is 5.25. The van der Waals surface area contributed by atoms with Gasteiger partial charge < -0.3 is 4.74 Å². The van der Waals surface area contributed by atoms with Gasteiger partial charge in [0, 0.05) is 11.0 Å². The lowest BCUT2D eigenvalue weighted by Crippen LogP contribution is -2.22. The van der Waals surface area contributed by atoms with Crippen LogP contribution in [0.4, 0.5) is 0 Å². The second-order valence-corrected chi connectivity index (χ2v) is 6.57. The van der Waals surface area contributed by atoms with E-state index in [9.17, 15) is 9.59 Å². The highest BCUT2D eigenvalue weighted by Crippen LogP contribution is 2.14. The van der Waals surface area contributed by atoms with Crippen molar-refractivity contribution >= 4 is 38.9 Å². The van der Waals surface area contributed by atoms with Crippen LogP contribution in [0.3, 0.4) is 0 Å². The summed E-state index contributed by atoms with van der Waals surface area (Å²) >= 11 is 3.35. The van der Waals surface area contributed by atoms with Gasteiger partial charge in [-0.05, 0) is 29.8 Å². The summed E-state index contributed by atoms with van der Waals surface area (Å²) in [6, 6.07) is 15.1. The van der Waals surface area contributed by atoms with Crippen LogP contribution in [-0.2, 0) is 16.1 Å². The number of halogens is 1. The lowest BCUT2D eigenvalue weighted by Gasteiger charge is -2.06. The Morgan fingerprint density at radius 2 is 2.00 bits per heavy atom. The minimum Gasteiger partial charge on any atom is -0.461 e. The van der Waals surface area contributed by atoms with Crippen molar-refractivity contribution in [3.63, 3.8) is 0 Å². The maximum atomic E-state index is 12.4. The summed E-state index contributed by atoms with van der Waals surface area (Å²) in [7, 11) is 0. The molecule has 3 rings (SSSR count). The average molecular weight is 413 g/mol. The van der Waals surface area contributed by atoms with Crippen molar-refractivity contribution in [2.75, 3.05) is 6.61 Å². The van der Waals surface area contributed by atoms with Gasteiger partial charge in [-0.3, -0.25) is 14.2 Å². The number of rotatable bonds is 6. The molecule has 0 unspecified atom stereocenters. The molecule has 0 radical (unpaired) electrons. The van der Waals surface area contributed by atoms with Gasteiger partial charge in [0.1, 0.15) is 6.61 Å². The lowest BCUT2D eigenvalue weighted by atomic mass is 10.2. The van der Waals surface area contributed by atoms with Gasteiger partial charge in [0.15, 0.2) is 0 Å². The predicted octanol–water partition coefficient (Wildman–Crippen LogP) is 3.81. The lowest BCUT2D eigenvalue weighted by molar-refractivity contribution is -0.142. The van der Waals surface area contributed by atoms with Crippen molar-refractivity contribution in [3.05, 3.63) is 81.3 Å². The number of benzene rings is 2. The maximum absolute atomic E-state index is 12.4. The first kappa shape index (κ1) is 18.1. The van der Waals surface area contributed by atoms with Gasteiger partial charge in [0.25, 0.3) is 5.56 Å². The Morgan fingerprint density at radius 3 is 2.81 bits per heavy atom. The third kappa shape index (κ3) is 4.67. The minimum absolute atomic E-state index is 0.111. The standard InChI is InChI=1S/C20H17BrN2O3/c21-16-8-9-18-17(13-16)20(25)23(14-22-18)11-10-19(24)26-12-4-7-15-5-2-1-3-6-15/h1-9,13-14H,10-12H2/b7-4+. The Kier molecular flexibility index (Phi) is 5.96. The van der Waals surface area contributed by atoms with Gasteiger partial charge in [-0.1, -0.05) is 52.3 Å². The summed E-state index contributed by atoms with van der Waals surface area (Å²) in [5, 5.41) is 0.515. The van der Waals surface area contributed by atoms with Crippen LogP contribution >= 0.6 is 15.9 Å². The number of carbonyl (C=O) groups excluding carboxylic acids is 1. The molecular formula is C20H17BrN2O3. The van der Waals surface area contributed by atoms with Crippen LogP contribution in [-0.4, -0.2) is 22.1 Å². The molecule has 26 heavy (non-hydrogen) atoms. The van der Waals surface area contributed by atoms with Crippen molar-refractivity contribution in [2.45, 2.75) is 13.0 Å². The molecule has 0 saturated heterocycles. The highest BCUT2D eigenvalue weighted by molar-refractivity contribution is 9.10. The quantitative estimate of drug-likeness (QED) is 0.577. The molecule has 0 atom stereocenters. The molecule has 0 aliphatic carbocycles. The average Bonchev–Trinajstić information content (AvgIpc) is 2.66. The highest BCUT2D eigenvalue weighted by atomic mass is 79.9. The van der Waals surface area contributed by atoms with Crippen molar-refractivity contribution in [3.8, 4) is 0 Å². The van der Waals surface area contributed by atoms with Crippen LogP contribution in [0.2, 0.25) is 0 Å². The Hall–Kier alpha value is -2.73. The van der Waals surface area contributed by atoms with E-state index in [-0.39, 0.29) is 31.1 Å². The first-order valence-corrected chi connectivity index (χ1v) is 8.95. The first-order valence-electron chi connectivity index (χ1n) is 8.15. The normalized spacial score (nSPS) is 11.1. The van der Waals surface area contributed by atoms with Gasteiger partial charge in [-0.25, -0.2) is 4.98 Å². The third-order valence-corrected chi connectivity index (χ3v) is 4.29. The zero-order chi connectivity index (χ0) is 18.4. The fourth-order valence-corrected chi connectivity index (χ4v) is 2.82. The Morgan fingerprint density at radius 1 is 1.19 bits per heavy atom. The number of aromatic nitrogens is 2. The second kappa shape index (κ2) is 8.58. The van der Waals surface area contributed by atoms with E-state index in [2.05, 4.69) is 20.9 Å². The van der Waals surface area contributed by atoms with Crippen LogP contribution in [0.1, 0.15) is 12.0 Å². The predicted molar refractivity (Wildman–Crippen MR) is 105 cm³/mol. The van der Waals surface area contributed by atoms with Gasteiger partial charge in [0.05, 0.1) is 23.7 Å². The molecule has 0 spiro atoms. The summed E-state index contributed by atoms with van der Waals surface area (Å²) in [5.41, 5.74) is 1.50. The van der Waals surface area contributed by atoms with Crippen molar-refractivity contribution in [2.24, 2.45) is 0 Å². The van der Waals surface area contributed by atoms with E-state index in [1.165, 1.54) is 10.9 Å². The van der Waals surface area contributed by atoms with E-state index >= 15 is 0 Å². The number of nitrogens with zero attached hydrogens (tertiary/aromatic N) is 2. The molecule has 0 N–H and O–H groups in total. The number of ether oxygens (including phenoxy) is 1. The maximum Gasteiger partial charge on any atom is 0.307 e. The van der Waals surface area contributed by atoms with E-state index < -0.39 is 0 Å². The zero-order valence-corrected chi connectivity index (χ0v) is 15.6. The van der Waals surface area contributed by atoms with E-state index in [0.29, 0.717) is 10.9 Å². The third-order valence-electron chi connectivity index (χ3n) is 3.79. The molecule has 0 saturated carbocycles. The van der Waals surface area contributed by atoms with E-state index in [4.69, 9.17) is 4.74 Å². The molecule has 0 bridgehead atoms. The molecule has 2 aromatic carbocycles. The van der Waals surface area contributed by atoms with Gasteiger partial charge in [0.2, 0.25) is 0 Å². The molecule has 0 aliphatic heterocycles. The second-order valence-electron chi connectivity index (χ2n) is 5.65. The van der Waals surface area contributed by atoms with E-state index in [1.807, 2.05) is 42.5 Å². The molecular weight excluding hydrogens is 396 g/mol. The smallest absolute Gasteiger partial charge is 0.307 e. The molecule has 5 nitrogen and oxygen atoms in total. The van der Waals surface area contributed by atoms with Crippen LogP contribution in [0.25, 0.3) is 17.0 Å². The molecule has 132 valence electrons. The molecule has 1 aromatic heterocycles. The van der Waals surface area contributed by atoms with Gasteiger partial charge in [-0.2, -0.15) is 0 Å². The van der Waals surface area contributed by atoms with Gasteiger partial charge in [-0.15, -0.1) is 0 Å². The van der Waals surface area contributed by atoms with Crippen LogP contribution < -0.4 is 5.56 Å². The van der Waals surface area contributed by atoms with Gasteiger partial charge >= 0.3 is 5.97 Å². The van der Waals surface area contributed by atoms with E-state index in [0.717, 1.165) is 10.0 Å². The number of fused-ring (bicyclic) bond motifs is 1. The number of hydrogen-bond donors (Lipinski definition) is 0. The molecule has 1 heterocycles. The van der Waals surface area contributed by atoms with Crippen molar-refractivity contribution < 1.29 is 9.53 Å². The van der Waals surface area contributed by atoms with Crippen LogP contribution in [0.15, 0.2) is 70.2 Å². The fourth-order valence-electron chi connectivity index (χ4n) is 2.46. The number of hydrogen-bond acceptors (Lipinski definition) is 4. The zero-order valence-electron chi connectivity index (χ0n) is 14.0. The number of carbonyl (C=O) groups is 1. The summed E-state index contributed by atoms with van der Waals surface area (Å²) in [6.45, 7) is 0.432. The number of aryl methyl sites for hydroxylation is 1. The summed E-state index contributed by atoms with van der Waals surface area (Å²) in [4.78, 5) is 28.6. The first-order chi connectivity index (χ1) is 12.6. The topological polar surface area (TPSA) is 61.2 Å².